The molecular formula is C20H19ClN4. The first-order valence-corrected chi connectivity index (χ1v) is 8.79. The van der Waals surface area contributed by atoms with Gasteiger partial charge in [-0.15, -0.1) is 0 Å². The Morgan fingerprint density at radius 1 is 1.12 bits per heavy atom. The lowest BCUT2D eigenvalue weighted by Gasteiger charge is -2.28. The summed E-state index contributed by atoms with van der Waals surface area (Å²) >= 11 is 5.96. The van der Waals surface area contributed by atoms with Crippen molar-refractivity contribution in [2.75, 3.05) is 6.54 Å². The first-order valence-electron chi connectivity index (χ1n) is 8.41. The summed E-state index contributed by atoms with van der Waals surface area (Å²) < 4.78 is 0. The van der Waals surface area contributed by atoms with Crippen molar-refractivity contribution in [3.8, 4) is 11.4 Å². The average Bonchev–Trinajstić information content (AvgIpc) is 2.62. The average molecular weight is 351 g/mol. The Balaban J connectivity index is 1.51. The van der Waals surface area contributed by atoms with Crippen LogP contribution in [-0.4, -0.2) is 26.4 Å². The predicted molar refractivity (Wildman–Crippen MR) is 99.3 cm³/mol. The highest BCUT2D eigenvalue weighted by Crippen LogP contribution is 2.23. The second-order valence-corrected chi connectivity index (χ2v) is 6.94. The van der Waals surface area contributed by atoms with Gasteiger partial charge in [-0.2, -0.15) is 0 Å². The van der Waals surface area contributed by atoms with Crippen molar-refractivity contribution in [2.24, 2.45) is 0 Å². The van der Waals surface area contributed by atoms with Crippen LogP contribution in [0, 0.1) is 6.92 Å². The number of nitrogens with zero attached hydrogens (tertiary/aromatic N) is 4. The van der Waals surface area contributed by atoms with Gasteiger partial charge in [-0.05, 0) is 42.3 Å². The van der Waals surface area contributed by atoms with Crippen molar-refractivity contribution in [1.82, 2.24) is 19.9 Å². The molecule has 25 heavy (non-hydrogen) atoms. The number of hydrogen-bond donors (Lipinski definition) is 0. The van der Waals surface area contributed by atoms with Gasteiger partial charge in [0.15, 0.2) is 5.82 Å². The molecule has 0 saturated carbocycles. The molecule has 126 valence electrons. The number of fused-ring (bicyclic) bond motifs is 1. The Morgan fingerprint density at radius 3 is 2.76 bits per heavy atom. The maximum atomic E-state index is 5.96. The quantitative estimate of drug-likeness (QED) is 0.714. The molecule has 0 fully saturated rings. The number of rotatable bonds is 3. The molecule has 0 saturated heterocycles. The lowest BCUT2D eigenvalue weighted by molar-refractivity contribution is 0.242. The molecule has 0 amide bonds. The number of aryl methyl sites for hydroxylation is 1. The second kappa shape index (κ2) is 6.90. The van der Waals surface area contributed by atoms with Crippen LogP contribution in [0.5, 0.6) is 0 Å². The molecular weight excluding hydrogens is 332 g/mol. The summed E-state index contributed by atoms with van der Waals surface area (Å²) in [4.78, 5) is 16.0. The van der Waals surface area contributed by atoms with E-state index in [4.69, 9.17) is 16.6 Å². The van der Waals surface area contributed by atoms with Crippen molar-refractivity contribution in [3.63, 3.8) is 0 Å². The van der Waals surface area contributed by atoms with Crippen LogP contribution < -0.4 is 0 Å². The molecule has 4 rings (SSSR count). The summed E-state index contributed by atoms with van der Waals surface area (Å²) in [7, 11) is 0. The van der Waals surface area contributed by atoms with E-state index in [1.165, 1.54) is 16.7 Å². The lowest BCUT2D eigenvalue weighted by Crippen LogP contribution is -2.31. The molecule has 4 nitrogen and oxygen atoms in total. The fourth-order valence-corrected chi connectivity index (χ4v) is 3.34. The van der Waals surface area contributed by atoms with Crippen LogP contribution in [0.2, 0.25) is 5.02 Å². The van der Waals surface area contributed by atoms with Crippen LogP contribution in [0.15, 0.2) is 48.9 Å². The van der Waals surface area contributed by atoms with E-state index < -0.39 is 0 Å². The van der Waals surface area contributed by atoms with Crippen LogP contribution in [0.25, 0.3) is 11.4 Å². The van der Waals surface area contributed by atoms with Crippen LogP contribution >= 0.6 is 11.6 Å². The molecule has 1 aliphatic heterocycles. The molecule has 0 bridgehead atoms. The maximum absolute atomic E-state index is 5.96. The van der Waals surface area contributed by atoms with E-state index in [0.717, 1.165) is 48.2 Å². The van der Waals surface area contributed by atoms with E-state index in [1.54, 1.807) is 0 Å². The normalized spacial score (nSPS) is 14.3. The van der Waals surface area contributed by atoms with Gasteiger partial charge in [-0.25, -0.2) is 9.97 Å². The van der Waals surface area contributed by atoms with Gasteiger partial charge in [0, 0.05) is 60.8 Å². The minimum Gasteiger partial charge on any atom is -0.294 e. The second-order valence-electron chi connectivity index (χ2n) is 6.50. The molecule has 0 N–H and O–H groups in total. The summed E-state index contributed by atoms with van der Waals surface area (Å²) in [5.41, 5.74) is 5.82. The Kier molecular flexibility index (Phi) is 4.47. The minimum atomic E-state index is 0.725. The fraction of sp³-hybridized carbons (Fsp3) is 0.250. The van der Waals surface area contributed by atoms with Gasteiger partial charge >= 0.3 is 0 Å². The number of halogens is 1. The van der Waals surface area contributed by atoms with E-state index in [2.05, 4.69) is 27.9 Å². The summed E-state index contributed by atoms with van der Waals surface area (Å²) in [6.45, 7) is 4.86. The highest BCUT2D eigenvalue weighted by atomic mass is 35.5. The Bertz CT molecular complexity index is 892. The van der Waals surface area contributed by atoms with Crippen LogP contribution in [-0.2, 0) is 19.5 Å². The van der Waals surface area contributed by atoms with Gasteiger partial charge in [0.1, 0.15) is 0 Å². The summed E-state index contributed by atoms with van der Waals surface area (Å²) in [5.74, 6) is 0.770. The third-order valence-electron chi connectivity index (χ3n) is 4.45. The summed E-state index contributed by atoms with van der Waals surface area (Å²) in [6, 6.07) is 9.87. The standard InChI is InChI=1S/C20H19ClN4/c1-14-8-15(10-22-9-14)12-25-7-6-19-17(13-25)11-23-20(24-19)16-2-4-18(21)5-3-16/h2-5,8-11H,6-7,12-13H2,1H3. The Morgan fingerprint density at radius 2 is 1.96 bits per heavy atom. The zero-order chi connectivity index (χ0) is 17.2. The van der Waals surface area contributed by atoms with Crippen LogP contribution in [0.1, 0.15) is 22.4 Å². The molecule has 0 spiro atoms. The fourth-order valence-electron chi connectivity index (χ4n) is 3.21. The Labute approximate surface area is 152 Å². The number of pyridine rings is 1. The van der Waals surface area contributed by atoms with Gasteiger partial charge in [0.25, 0.3) is 0 Å². The molecule has 3 aromatic rings. The molecule has 0 unspecified atom stereocenters. The third-order valence-corrected chi connectivity index (χ3v) is 4.71. The van der Waals surface area contributed by atoms with Crippen molar-refractivity contribution in [2.45, 2.75) is 26.4 Å². The first-order chi connectivity index (χ1) is 12.2. The molecule has 0 atom stereocenters. The highest BCUT2D eigenvalue weighted by molar-refractivity contribution is 6.30. The molecule has 2 aromatic heterocycles. The number of hydrogen-bond acceptors (Lipinski definition) is 4. The van der Waals surface area contributed by atoms with E-state index in [1.807, 2.05) is 42.9 Å². The predicted octanol–water partition coefficient (Wildman–Crippen LogP) is 4.06. The molecule has 3 heterocycles. The van der Waals surface area contributed by atoms with E-state index >= 15 is 0 Å². The lowest BCUT2D eigenvalue weighted by atomic mass is 10.1. The molecule has 0 aliphatic carbocycles. The monoisotopic (exact) mass is 350 g/mol. The van der Waals surface area contributed by atoms with E-state index in [0.29, 0.717) is 0 Å². The van der Waals surface area contributed by atoms with E-state index in [-0.39, 0.29) is 0 Å². The van der Waals surface area contributed by atoms with Crippen molar-refractivity contribution >= 4 is 11.6 Å². The van der Waals surface area contributed by atoms with Gasteiger partial charge in [-0.1, -0.05) is 17.7 Å². The molecule has 1 aromatic carbocycles. The molecule has 1 aliphatic rings. The van der Waals surface area contributed by atoms with Gasteiger partial charge < -0.3 is 0 Å². The van der Waals surface area contributed by atoms with Crippen molar-refractivity contribution < 1.29 is 0 Å². The van der Waals surface area contributed by atoms with Crippen LogP contribution in [0.4, 0.5) is 0 Å². The maximum Gasteiger partial charge on any atom is 0.159 e. The van der Waals surface area contributed by atoms with E-state index in [9.17, 15) is 0 Å². The zero-order valence-electron chi connectivity index (χ0n) is 14.1. The first kappa shape index (κ1) is 16.2. The third kappa shape index (κ3) is 3.70. The molecule has 5 heteroatoms. The van der Waals surface area contributed by atoms with Crippen LogP contribution in [0.3, 0.4) is 0 Å². The Hall–Kier alpha value is -2.30. The summed E-state index contributed by atoms with van der Waals surface area (Å²) in [5, 5.41) is 0.725. The smallest absolute Gasteiger partial charge is 0.159 e. The number of aromatic nitrogens is 3. The van der Waals surface area contributed by atoms with Crippen molar-refractivity contribution in [3.05, 3.63) is 76.3 Å². The van der Waals surface area contributed by atoms with Gasteiger partial charge in [0.2, 0.25) is 0 Å². The largest absolute Gasteiger partial charge is 0.294 e. The molecule has 0 radical (unpaired) electrons. The minimum absolute atomic E-state index is 0.725. The SMILES string of the molecule is Cc1cncc(CN2CCc3nc(-c4ccc(Cl)cc4)ncc3C2)c1. The summed E-state index contributed by atoms with van der Waals surface area (Å²) in [6.07, 6.45) is 6.74. The highest BCUT2D eigenvalue weighted by Gasteiger charge is 2.19. The van der Waals surface area contributed by atoms with Gasteiger partial charge in [0.05, 0.1) is 5.69 Å². The number of benzene rings is 1. The zero-order valence-corrected chi connectivity index (χ0v) is 14.9. The topological polar surface area (TPSA) is 41.9 Å². The van der Waals surface area contributed by atoms with Crippen molar-refractivity contribution in [1.29, 1.82) is 0 Å². The van der Waals surface area contributed by atoms with Gasteiger partial charge in [-0.3, -0.25) is 9.88 Å².